The predicted octanol–water partition coefficient (Wildman–Crippen LogP) is 9.94. The van der Waals surface area contributed by atoms with E-state index in [4.69, 9.17) is 13.1 Å². The molecule has 0 bridgehead atoms. The molecule has 0 radical (unpaired) electrons. The average Bonchev–Trinajstić information content (AvgIpc) is 3.65. The molecule has 0 amide bonds. The topological polar surface area (TPSA) is 17.5 Å². The molecule has 216 valence electrons. The summed E-state index contributed by atoms with van der Waals surface area (Å²) in [5.74, 6) is 0. The van der Waals surface area contributed by atoms with E-state index >= 15 is 0 Å². The summed E-state index contributed by atoms with van der Waals surface area (Å²) in [6.07, 6.45) is 5.20. The number of aromatic nitrogens is 2. The zero-order valence-corrected chi connectivity index (χ0v) is 25.2. The third-order valence-corrected chi connectivity index (χ3v) is 8.31. The van der Waals surface area contributed by atoms with E-state index in [-0.39, 0.29) is 7.43 Å². The van der Waals surface area contributed by atoms with Crippen LogP contribution in [0.15, 0.2) is 140 Å². The summed E-state index contributed by atoms with van der Waals surface area (Å²) in [6.45, 7) is 16.1. The molecule has 0 N–H and O–H groups in total. The van der Waals surface area contributed by atoms with Crippen LogP contribution in [0.2, 0.25) is 0 Å². The van der Waals surface area contributed by atoms with E-state index in [9.17, 15) is 0 Å². The number of benzene rings is 4. The lowest BCUT2D eigenvalue weighted by atomic mass is 10.1. The van der Waals surface area contributed by atoms with Crippen LogP contribution in [0.1, 0.15) is 22.4 Å². The molecule has 4 nitrogen and oxygen atoms in total. The second kappa shape index (κ2) is 12.7. The van der Waals surface area contributed by atoms with Crippen molar-refractivity contribution >= 4 is 22.1 Å². The van der Waals surface area contributed by atoms with Crippen LogP contribution in [0, 0.1) is 20.6 Å². The lowest BCUT2D eigenvalue weighted by molar-refractivity contribution is -0.694. The van der Waals surface area contributed by atoms with Crippen molar-refractivity contribution in [1.82, 2.24) is 4.57 Å². The fraction of sp³-hybridized carbons (Fsp3) is 0.0732. The van der Waals surface area contributed by atoms with E-state index in [2.05, 4.69) is 116 Å². The van der Waals surface area contributed by atoms with Gasteiger partial charge in [-0.15, -0.1) is 0 Å². The molecule has 45 heavy (non-hydrogen) atoms. The molecule has 0 spiro atoms. The molecule has 4 heteroatoms. The Kier molecular flexibility index (Phi) is 8.23. The highest BCUT2D eigenvalue weighted by atomic mass is 15.0. The number of rotatable bonds is 4. The molecule has 0 atom stereocenters. The van der Waals surface area contributed by atoms with Crippen LogP contribution in [0.3, 0.4) is 0 Å². The van der Waals surface area contributed by atoms with Crippen molar-refractivity contribution in [3.05, 3.63) is 192 Å². The Hall–Kier alpha value is -5.97. The zero-order chi connectivity index (χ0) is 29.9. The minimum absolute atomic E-state index is 0. The highest BCUT2D eigenvalue weighted by Gasteiger charge is 2.27. The van der Waals surface area contributed by atoms with Crippen LogP contribution in [-0.4, -0.2) is 4.57 Å². The summed E-state index contributed by atoms with van der Waals surface area (Å²) in [4.78, 5) is 7.09. The highest BCUT2D eigenvalue weighted by molar-refractivity contribution is 6.02. The van der Waals surface area contributed by atoms with Gasteiger partial charge in [0.15, 0.2) is 29.8 Å². The minimum Gasteiger partial charge on any atom is -0.358 e. The summed E-state index contributed by atoms with van der Waals surface area (Å²) >= 11 is 0. The molecule has 3 aliphatic rings. The van der Waals surface area contributed by atoms with Crippen LogP contribution in [0.4, 0.5) is 11.4 Å². The summed E-state index contributed by atoms with van der Waals surface area (Å²) < 4.78 is 4.59. The Bertz CT molecular complexity index is 2160. The van der Waals surface area contributed by atoms with Gasteiger partial charge in [0.25, 0.3) is 0 Å². The first kappa shape index (κ1) is 29.1. The number of hydrogen-bond donors (Lipinski definition) is 0. The minimum atomic E-state index is 0. The number of nitrogens with zero attached hydrogens (tertiary/aromatic N) is 4. The van der Waals surface area contributed by atoms with Crippen LogP contribution in [-0.2, 0) is 19.5 Å². The van der Waals surface area contributed by atoms with Gasteiger partial charge in [0.2, 0.25) is 0 Å². The van der Waals surface area contributed by atoms with Gasteiger partial charge in [-0.1, -0.05) is 91.0 Å². The lowest BCUT2D eigenvalue weighted by Gasteiger charge is -2.13. The van der Waals surface area contributed by atoms with Crippen molar-refractivity contribution < 1.29 is 4.57 Å². The van der Waals surface area contributed by atoms with Gasteiger partial charge >= 0.3 is 0 Å². The molecule has 0 fully saturated rings. The first-order valence-corrected chi connectivity index (χ1v) is 14.7. The lowest BCUT2D eigenvalue weighted by Crippen LogP contribution is -2.38. The van der Waals surface area contributed by atoms with Crippen molar-refractivity contribution in [3.8, 4) is 22.4 Å². The molecule has 1 aliphatic heterocycles. The van der Waals surface area contributed by atoms with Gasteiger partial charge in [-0.3, -0.25) is 0 Å². The SMILES string of the molecule is [C-]#[N+]c1ccc2c(c1)-c1ccc[n+](Cc3ccccc3)c1C2.[C-]#[N+]c1ccc2cc3n(Cc4ccccc4)cccc-3c2c1.[CH3-]. The van der Waals surface area contributed by atoms with E-state index in [1.807, 2.05) is 42.5 Å². The maximum absolute atomic E-state index is 7.20. The number of fused-ring (bicyclic) bond motifs is 6. The Morgan fingerprint density at radius 1 is 0.644 bits per heavy atom. The Balaban J connectivity index is 0.000000155. The van der Waals surface area contributed by atoms with E-state index in [1.54, 1.807) is 0 Å². The summed E-state index contributed by atoms with van der Waals surface area (Å²) in [5, 5.41) is 2.35. The fourth-order valence-corrected chi connectivity index (χ4v) is 6.16. The maximum atomic E-state index is 7.20. The zero-order valence-electron chi connectivity index (χ0n) is 25.2. The van der Waals surface area contributed by atoms with Gasteiger partial charge in [0.1, 0.15) is 0 Å². The quantitative estimate of drug-likeness (QED) is 0.146. The van der Waals surface area contributed by atoms with E-state index < -0.39 is 0 Å². The molecule has 0 saturated heterocycles. The van der Waals surface area contributed by atoms with Gasteiger partial charge < -0.3 is 12.0 Å². The molecule has 2 aliphatic carbocycles. The maximum Gasteiger partial charge on any atom is 0.193 e. The van der Waals surface area contributed by atoms with Gasteiger partial charge in [0, 0.05) is 41.2 Å². The van der Waals surface area contributed by atoms with Gasteiger partial charge in [-0.05, 0) is 57.8 Å². The second-order valence-corrected chi connectivity index (χ2v) is 11.1. The second-order valence-electron chi connectivity index (χ2n) is 11.1. The molecule has 2 heterocycles. The molecular formula is C41H32N4. The molecule has 1 aromatic heterocycles. The Morgan fingerprint density at radius 2 is 1.33 bits per heavy atom. The Labute approximate surface area is 265 Å². The van der Waals surface area contributed by atoms with Crippen molar-refractivity contribution in [2.24, 2.45) is 0 Å². The normalized spacial score (nSPS) is 11.0. The summed E-state index contributed by atoms with van der Waals surface area (Å²) in [6, 6.07) is 43.6. The van der Waals surface area contributed by atoms with Gasteiger partial charge in [-0.2, -0.15) is 4.57 Å². The molecule has 4 aromatic carbocycles. The molecule has 0 unspecified atom stereocenters. The predicted molar refractivity (Wildman–Crippen MR) is 183 cm³/mol. The van der Waals surface area contributed by atoms with Crippen LogP contribution >= 0.6 is 0 Å². The highest BCUT2D eigenvalue weighted by Crippen LogP contribution is 2.38. The van der Waals surface area contributed by atoms with Gasteiger partial charge in [0.05, 0.1) is 19.6 Å². The fourth-order valence-electron chi connectivity index (χ4n) is 6.16. The van der Waals surface area contributed by atoms with Crippen molar-refractivity contribution in [3.63, 3.8) is 0 Å². The van der Waals surface area contributed by atoms with E-state index in [1.165, 1.54) is 50.2 Å². The average molecular weight is 581 g/mol. The third kappa shape index (κ3) is 5.83. The largest absolute Gasteiger partial charge is 0.358 e. The van der Waals surface area contributed by atoms with Crippen molar-refractivity contribution in [2.45, 2.75) is 19.5 Å². The number of hydrogen-bond acceptors (Lipinski definition) is 0. The number of pyridine rings is 2. The molecule has 5 aromatic rings. The Morgan fingerprint density at radius 3 is 2.09 bits per heavy atom. The smallest absolute Gasteiger partial charge is 0.193 e. The van der Waals surface area contributed by atoms with Crippen molar-refractivity contribution in [1.29, 1.82) is 0 Å². The van der Waals surface area contributed by atoms with Crippen LogP contribution in [0.5, 0.6) is 0 Å². The van der Waals surface area contributed by atoms with Crippen LogP contribution < -0.4 is 4.57 Å². The standard InChI is InChI=1S/C20H15N2.C20H14N2.CH3/c2*1-21-17-10-9-16-12-20-18(19(16)13-17)8-5-11-22(20)14-15-6-3-2-4-7-15;/h2-11,13H,12,14H2;2-13H,14H2;1H3/q+1;;-1. The first-order chi connectivity index (χ1) is 21.7. The van der Waals surface area contributed by atoms with Crippen LogP contribution in [0.25, 0.3) is 42.8 Å². The molecule has 8 rings (SSSR count). The first-order valence-electron chi connectivity index (χ1n) is 14.7. The third-order valence-electron chi connectivity index (χ3n) is 8.31. The monoisotopic (exact) mass is 580 g/mol. The van der Waals surface area contributed by atoms with E-state index in [0.717, 1.165) is 24.9 Å². The molecule has 0 saturated carbocycles. The van der Waals surface area contributed by atoms with Crippen molar-refractivity contribution in [2.75, 3.05) is 0 Å². The van der Waals surface area contributed by atoms with E-state index in [0.29, 0.717) is 11.4 Å². The summed E-state index contributed by atoms with van der Waals surface area (Å²) in [5.41, 5.74) is 11.5. The summed E-state index contributed by atoms with van der Waals surface area (Å²) in [7, 11) is 0. The van der Waals surface area contributed by atoms with Gasteiger partial charge in [-0.25, -0.2) is 9.69 Å². The molecular weight excluding hydrogens is 548 g/mol.